The number of hydrogen-bond donors (Lipinski definition) is 8. The molecular weight excluding hydrogens is 913 g/mol. The monoisotopic (exact) mass is 1010 g/mol. The van der Waals surface area contributed by atoms with Gasteiger partial charge in [0.25, 0.3) is 0 Å². The fraction of sp³-hybridized carbons (Fsp3) is 0.920. The molecule has 0 aromatic carbocycles. The summed E-state index contributed by atoms with van der Waals surface area (Å²) in [7, 11) is -9.74. The van der Waals surface area contributed by atoms with E-state index >= 15 is 0 Å². The predicted molar refractivity (Wildman–Crippen MR) is 271 cm³/mol. The minimum Gasteiger partial charge on any atom is -0.393 e. The molecule has 0 spiro atoms. The number of unbranched alkanes of at least 4 members (excludes halogenated alkanes) is 24. The average molecular weight is 1010 g/mol. The average Bonchev–Trinajstić information content (AvgIpc) is 3.26. The smallest absolute Gasteiger partial charge is 0.393 e. The number of phosphoric acid groups is 2. The van der Waals surface area contributed by atoms with Gasteiger partial charge in [-0.2, -0.15) is 0 Å². The summed E-state index contributed by atoms with van der Waals surface area (Å²) in [5, 5.41) is 18.6. The van der Waals surface area contributed by atoms with Crippen molar-refractivity contribution in [2.45, 2.75) is 270 Å². The lowest BCUT2D eigenvalue weighted by atomic mass is 9.90. The minimum absolute atomic E-state index is 0.0124. The van der Waals surface area contributed by atoms with Gasteiger partial charge in [-0.3, -0.25) is 28.2 Å². The summed E-state index contributed by atoms with van der Waals surface area (Å²) in [6.45, 7) is 5.57. The van der Waals surface area contributed by atoms with Crippen molar-refractivity contribution < 1.29 is 62.0 Å². The first-order valence-electron chi connectivity index (χ1n) is 27.0. The van der Waals surface area contributed by atoms with E-state index in [0.717, 1.165) is 70.6 Å². The number of rotatable bonds is 50. The van der Waals surface area contributed by atoms with Crippen LogP contribution in [0.4, 0.5) is 0 Å². The van der Waals surface area contributed by atoms with Crippen molar-refractivity contribution in [1.82, 2.24) is 16.0 Å². The van der Waals surface area contributed by atoms with Gasteiger partial charge in [-0.1, -0.05) is 188 Å². The van der Waals surface area contributed by atoms with Crippen LogP contribution in [0.25, 0.3) is 0 Å². The molecule has 0 aromatic heterocycles. The molecule has 16 nitrogen and oxygen atoms in total. The Bertz CT molecular complexity index is 1370. The molecule has 8 N–H and O–H groups in total. The fourth-order valence-corrected chi connectivity index (χ4v) is 9.23. The molecule has 68 heavy (non-hydrogen) atoms. The quantitative estimate of drug-likeness (QED) is 0.0209. The predicted octanol–water partition coefficient (Wildman–Crippen LogP) is 10.9. The van der Waals surface area contributed by atoms with E-state index in [1.54, 1.807) is 0 Å². The van der Waals surface area contributed by atoms with Crippen LogP contribution >= 0.6 is 15.6 Å². The van der Waals surface area contributed by atoms with E-state index in [4.69, 9.17) is 0 Å². The molecule has 0 bridgehead atoms. The van der Waals surface area contributed by atoms with Crippen LogP contribution in [0, 0.1) is 5.92 Å². The molecule has 0 aliphatic heterocycles. The van der Waals surface area contributed by atoms with Crippen molar-refractivity contribution in [3.05, 3.63) is 0 Å². The third-order valence-electron chi connectivity index (χ3n) is 12.5. The second-order valence-corrected chi connectivity index (χ2v) is 21.7. The molecule has 0 aliphatic carbocycles. The molecule has 0 aliphatic rings. The van der Waals surface area contributed by atoms with Crippen LogP contribution in [0.15, 0.2) is 0 Å². The molecule has 4 atom stereocenters. The van der Waals surface area contributed by atoms with Crippen LogP contribution in [-0.4, -0.2) is 86.1 Å². The number of carbonyl (C=O) groups excluding carboxylic acids is 4. The molecule has 2 unspecified atom stereocenters. The Hall–Kier alpha value is -1.74. The number of carbonyl (C=O) groups is 4. The molecule has 3 amide bonds. The fourth-order valence-electron chi connectivity index (χ4n) is 8.51. The summed E-state index contributed by atoms with van der Waals surface area (Å²) < 4.78 is 32.2. The molecule has 0 fully saturated rings. The Balaban J connectivity index is 5.40. The zero-order valence-corrected chi connectivity index (χ0v) is 44.6. The minimum atomic E-state index is -4.87. The van der Waals surface area contributed by atoms with Crippen LogP contribution in [0.1, 0.15) is 252 Å². The van der Waals surface area contributed by atoms with Crippen molar-refractivity contribution in [2.24, 2.45) is 5.92 Å². The Morgan fingerprint density at radius 1 is 0.485 bits per heavy atom. The van der Waals surface area contributed by atoms with Crippen LogP contribution in [0.3, 0.4) is 0 Å². The first kappa shape index (κ1) is 66.3. The summed E-state index contributed by atoms with van der Waals surface area (Å²) in [5.74, 6) is -1.71. The van der Waals surface area contributed by atoms with Crippen molar-refractivity contribution >= 4 is 39.2 Å². The third kappa shape index (κ3) is 45.4. The maximum atomic E-state index is 13.6. The van der Waals surface area contributed by atoms with Crippen molar-refractivity contribution in [1.29, 1.82) is 0 Å². The lowest BCUT2D eigenvalue weighted by Crippen LogP contribution is -2.48. The van der Waals surface area contributed by atoms with Crippen LogP contribution in [0.2, 0.25) is 0 Å². The van der Waals surface area contributed by atoms with Gasteiger partial charge in [0.2, 0.25) is 17.7 Å². The van der Waals surface area contributed by atoms with Gasteiger partial charge in [0.1, 0.15) is 11.8 Å². The number of amides is 3. The van der Waals surface area contributed by atoms with Gasteiger partial charge >= 0.3 is 15.6 Å². The molecule has 18 heteroatoms. The summed E-state index contributed by atoms with van der Waals surface area (Å²) >= 11 is 0. The molecule has 0 saturated carbocycles. The van der Waals surface area contributed by atoms with Crippen LogP contribution in [0.5, 0.6) is 0 Å². The van der Waals surface area contributed by atoms with E-state index in [1.807, 2.05) is 0 Å². The third-order valence-corrected chi connectivity index (χ3v) is 13.5. The van der Waals surface area contributed by atoms with Gasteiger partial charge < -0.3 is 40.6 Å². The van der Waals surface area contributed by atoms with Crippen LogP contribution < -0.4 is 16.0 Å². The van der Waals surface area contributed by atoms with E-state index < -0.39 is 64.8 Å². The Morgan fingerprint density at radius 2 is 0.926 bits per heavy atom. The van der Waals surface area contributed by atoms with E-state index in [2.05, 4.69) is 45.8 Å². The Labute approximate surface area is 411 Å². The summed E-state index contributed by atoms with van der Waals surface area (Å²) in [6, 6.07) is -2.08. The number of Topliss-reactive ketones (excluding diaryl/α,β-unsaturated/α-hetero) is 1. The number of hydrogen-bond acceptors (Lipinski definition) is 9. The highest BCUT2D eigenvalue weighted by atomic mass is 31.2. The second kappa shape index (κ2) is 44.0. The summed E-state index contributed by atoms with van der Waals surface area (Å²) in [5.41, 5.74) is 0. The first-order valence-corrected chi connectivity index (χ1v) is 30.0. The van der Waals surface area contributed by atoms with E-state index in [0.29, 0.717) is 19.3 Å². The number of ketones is 1. The van der Waals surface area contributed by atoms with E-state index in [-0.39, 0.29) is 56.8 Å². The highest BCUT2D eigenvalue weighted by Gasteiger charge is 2.26. The lowest BCUT2D eigenvalue weighted by molar-refractivity contribution is -0.130. The van der Waals surface area contributed by atoms with Crippen LogP contribution in [-0.2, 0) is 37.4 Å². The molecule has 0 radical (unpaired) electrons. The SMILES string of the molecule is CCCCCCCCCCCC(=O)C[C@H](CCCCCCCCCCC)CC(=O)NC(CCOP(=O)(O)O)C(=O)NCCCC(COP(=O)(O)O)NC(=O)C[C@H](O)CCCCCCCCCCC. The molecule has 0 aromatic rings. The van der Waals surface area contributed by atoms with Gasteiger partial charge in [-0.15, -0.1) is 0 Å². The molecule has 402 valence electrons. The number of phosphoric ester groups is 2. The molecule has 0 heterocycles. The van der Waals surface area contributed by atoms with Crippen molar-refractivity contribution in [2.75, 3.05) is 19.8 Å². The van der Waals surface area contributed by atoms with Crippen molar-refractivity contribution in [3.8, 4) is 0 Å². The number of aliphatic hydroxyl groups is 1. The maximum Gasteiger partial charge on any atom is 0.469 e. The van der Waals surface area contributed by atoms with Gasteiger partial charge in [0.05, 0.1) is 31.8 Å². The lowest BCUT2D eigenvalue weighted by Gasteiger charge is -2.22. The number of aliphatic hydroxyl groups excluding tert-OH is 1. The molecule has 0 saturated heterocycles. The molecular formula is C50H99N3O13P2. The van der Waals surface area contributed by atoms with Gasteiger partial charge in [-0.05, 0) is 38.0 Å². The summed E-state index contributed by atoms with van der Waals surface area (Å²) in [6.07, 6.45) is 31.6. The Kier molecular flexibility index (Phi) is 42.9. The first-order chi connectivity index (χ1) is 32.5. The van der Waals surface area contributed by atoms with Gasteiger partial charge in [0, 0.05) is 32.2 Å². The summed E-state index contributed by atoms with van der Waals surface area (Å²) in [4.78, 5) is 90.2. The maximum absolute atomic E-state index is 13.6. The zero-order valence-electron chi connectivity index (χ0n) is 42.8. The topological polar surface area (TPSA) is 258 Å². The highest BCUT2D eigenvalue weighted by Crippen LogP contribution is 2.36. The van der Waals surface area contributed by atoms with E-state index in [9.17, 15) is 53.0 Å². The number of nitrogens with one attached hydrogen (secondary N) is 3. The zero-order chi connectivity index (χ0) is 50.7. The second-order valence-electron chi connectivity index (χ2n) is 19.2. The van der Waals surface area contributed by atoms with Gasteiger partial charge in [-0.25, -0.2) is 9.13 Å². The standard InChI is InChI=1S/C50H99N3O13P2/c1-4-7-10-13-16-19-22-25-28-32-43(39-45(54)34-29-26-23-20-17-14-11-8-5-2)40-48(56)53-47(36-38-65-67(59,60)61)50(58)51-37-31-33-44(42-66-68(62,63)64)52-49(57)41-46(55)35-30-27-24-21-18-15-12-9-6-3/h43-44,46-47,55H,4-42H2,1-3H3,(H,51,58)(H,52,57)(H,53,56)(H2,59,60,61)(H2,62,63,64)/t43-,44?,46+,47?/m0/s1. The highest BCUT2D eigenvalue weighted by molar-refractivity contribution is 7.46. The van der Waals surface area contributed by atoms with E-state index in [1.165, 1.54) is 103 Å². The largest absolute Gasteiger partial charge is 0.469 e. The Morgan fingerprint density at radius 3 is 1.41 bits per heavy atom. The molecule has 0 rings (SSSR count). The normalized spacial score (nSPS) is 13.8. The van der Waals surface area contributed by atoms with Crippen molar-refractivity contribution in [3.63, 3.8) is 0 Å². The van der Waals surface area contributed by atoms with Gasteiger partial charge in [0.15, 0.2) is 0 Å².